The van der Waals surface area contributed by atoms with Crippen molar-refractivity contribution < 1.29 is 41.8 Å². The Kier molecular flexibility index (Phi) is 14.8. The number of halogens is 4. The summed E-state index contributed by atoms with van der Waals surface area (Å²) in [6.07, 6.45) is -4.25. The average molecular weight is 795 g/mol. The van der Waals surface area contributed by atoms with Crippen LogP contribution < -0.4 is 32.3 Å². The van der Waals surface area contributed by atoms with Gasteiger partial charge in [-0.2, -0.15) is 13.2 Å². The second-order valence-electron chi connectivity index (χ2n) is 14.0. The van der Waals surface area contributed by atoms with Crippen molar-refractivity contribution in [1.29, 1.82) is 0 Å². The third-order valence-electron chi connectivity index (χ3n) is 10.1. The van der Waals surface area contributed by atoms with Crippen LogP contribution in [-0.4, -0.2) is 117 Å². The maximum Gasteiger partial charge on any atom is 0.418 e. The molecule has 7 N–H and O–H groups in total. The zero-order chi connectivity index (χ0) is 39.5. The highest BCUT2D eigenvalue weighted by Gasteiger charge is 2.37. The number of fused-ring (bicyclic) bond motifs is 1. The summed E-state index contributed by atoms with van der Waals surface area (Å²) in [6.45, 7) is 3.14. The van der Waals surface area contributed by atoms with Crippen molar-refractivity contribution in [3.8, 4) is 0 Å². The summed E-state index contributed by atoms with van der Waals surface area (Å²) >= 11 is 6.10. The first kappa shape index (κ1) is 41.8. The van der Waals surface area contributed by atoms with E-state index >= 15 is 0 Å². The number of nitrogens with two attached hydrogens (primary N) is 1. The predicted octanol–water partition coefficient (Wildman–Crippen LogP) is 3.52. The van der Waals surface area contributed by atoms with E-state index in [1.807, 2.05) is 24.3 Å². The van der Waals surface area contributed by atoms with Gasteiger partial charge in [0.2, 0.25) is 0 Å². The summed E-state index contributed by atoms with van der Waals surface area (Å²) in [5, 5.41) is 14.7. The molecule has 2 aromatic rings. The van der Waals surface area contributed by atoms with Crippen LogP contribution in [0.4, 0.5) is 34.1 Å². The van der Waals surface area contributed by atoms with E-state index in [9.17, 15) is 32.3 Å². The van der Waals surface area contributed by atoms with E-state index < -0.39 is 54.0 Å². The lowest BCUT2D eigenvalue weighted by Gasteiger charge is -2.37. The van der Waals surface area contributed by atoms with Crippen molar-refractivity contribution in [2.45, 2.75) is 75.4 Å². The maximum absolute atomic E-state index is 14.0. The highest BCUT2D eigenvalue weighted by molar-refractivity contribution is 6.33. The molecule has 0 aliphatic carbocycles. The minimum absolute atomic E-state index is 0.0104. The first-order valence-electron chi connectivity index (χ1n) is 18.7. The fourth-order valence-electron chi connectivity index (χ4n) is 7.01. The Morgan fingerprint density at radius 3 is 2.51 bits per heavy atom. The van der Waals surface area contributed by atoms with Gasteiger partial charge in [0.1, 0.15) is 6.04 Å². The number of alkyl halides is 3. The topological polar surface area (TPSA) is 179 Å². The van der Waals surface area contributed by atoms with Crippen LogP contribution in [0, 0.1) is 0 Å². The van der Waals surface area contributed by atoms with E-state index in [0.29, 0.717) is 38.8 Å². The van der Waals surface area contributed by atoms with E-state index in [0.717, 1.165) is 43.2 Å². The van der Waals surface area contributed by atoms with Gasteiger partial charge in [0.05, 0.1) is 22.9 Å². The van der Waals surface area contributed by atoms with E-state index in [-0.39, 0.29) is 54.9 Å². The van der Waals surface area contributed by atoms with Gasteiger partial charge in [-0.15, -0.1) is 0 Å². The van der Waals surface area contributed by atoms with Gasteiger partial charge >= 0.3 is 24.3 Å². The molecule has 2 atom stereocenters. The second kappa shape index (κ2) is 19.5. The number of likely N-dealkylation sites (tertiary alicyclic amines) is 1. The van der Waals surface area contributed by atoms with Gasteiger partial charge in [0, 0.05) is 50.4 Å². The molecule has 0 aromatic heterocycles. The molecule has 0 radical (unpaired) electrons. The Morgan fingerprint density at radius 1 is 1.07 bits per heavy atom. The number of piperidine rings is 2. The Labute approximate surface area is 323 Å². The van der Waals surface area contributed by atoms with Gasteiger partial charge in [0.15, 0.2) is 6.10 Å². The molecule has 55 heavy (non-hydrogen) atoms. The summed E-state index contributed by atoms with van der Waals surface area (Å²) in [5.41, 5.74) is 5.50. The van der Waals surface area contributed by atoms with Crippen molar-refractivity contribution in [3.05, 3.63) is 58.1 Å². The van der Waals surface area contributed by atoms with Crippen molar-refractivity contribution in [3.63, 3.8) is 0 Å². The number of anilines is 2. The molecule has 2 fully saturated rings. The van der Waals surface area contributed by atoms with Gasteiger partial charge in [-0.3, -0.25) is 4.79 Å². The molecule has 0 unspecified atom stereocenters. The highest BCUT2D eigenvalue weighted by Crippen LogP contribution is 2.38. The van der Waals surface area contributed by atoms with Crippen LogP contribution in [0.15, 0.2) is 36.4 Å². The molecular formula is C37H50ClF3N8O6. The fraction of sp³-hybridized carbons (Fsp3) is 0.568. The van der Waals surface area contributed by atoms with Crippen LogP contribution in [0.3, 0.4) is 0 Å². The number of esters is 1. The monoisotopic (exact) mass is 794 g/mol. The van der Waals surface area contributed by atoms with E-state index in [4.69, 9.17) is 26.8 Å². The Morgan fingerprint density at radius 2 is 1.80 bits per heavy atom. The summed E-state index contributed by atoms with van der Waals surface area (Å²) in [4.78, 5) is 57.1. The molecule has 3 heterocycles. The number of carbonyl (C=O) groups is 4. The lowest BCUT2D eigenvalue weighted by atomic mass is 10.0. The predicted molar refractivity (Wildman–Crippen MR) is 201 cm³/mol. The molecular weight excluding hydrogens is 745 g/mol. The summed E-state index contributed by atoms with van der Waals surface area (Å²) in [6, 6.07) is 8.02. The van der Waals surface area contributed by atoms with Gasteiger partial charge < -0.3 is 51.6 Å². The molecule has 3 aliphatic heterocycles. The second-order valence-corrected chi connectivity index (χ2v) is 14.4. The molecule has 302 valence electrons. The lowest BCUT2D eigenvalue weighted by molar-refractivity contribution is -0.149. The van der Waals surface area contributed by atoms with Gasteiger partial charge in [-0.05, 0) is 94.5 Å². The molecule has 14 nitrogen and oxygen atoms in total. The van der Waals surface area contributed by atoms with Gasteiger partial charge in [-0.25, -0.2) is 14.4 Å². The van der Waals surface area contributed by atoms with Crippen LogP contribution in [-0.2, 0) is 38.1 Å². The van der Waals surface area contributed by atoms with Crippen LogP contribution >= 0.6 is 11.6 Å². The minimum atomic E-state index is -4.85. The fourth-order valence-corrected chi connectivity index (χ4v) is 7.26. The SMILES string of the molecule is CNCCCOC(=O)[C@H](CNC1CCNCC1)NC(=O)[C@@H](Cc1cc(Cl)c(N)c(C(F)(F)F)c1)OC(=O)N1CCC(N2CCc3ccccc3NC2=O)CC1. The number of amides is 4. The molecule has 5 rings (SSSR count). The minimum Gasteiger partial charge on any atom is -0.464 e. The summed E-state index contributed by atoms with van der Waals surface area (Å²) < 4.78 is 52.8. The van der Waals surface area contributed by atoms with Crippen LogP contribution in [0.1, 0.15) is 48.8 Å². The van der Waals surface area contributed by atoms with Crippen LogP contribution in [0.25, 0.3) is 0 Å². The Bertz CT molecular complexity index is 1660. The van der Waals surface area contributed by atoms with E-state index in [1.54, 1.807) is 11.9 Å². The molecule has 0 spiro atoms. The number of hydrogen-bond donors (Lipinski definition) is 6. The third-order valence-corrected chi connectivity index (χ3v) is 10.4. The van der Waals surface area contributed by atoms with E-state index in [1.165, 1.54) is 11.0 Å². The molecule has 3 aliphatic rings. The summed E-state index contributed by atoms with van der Waals surface area (Å²) in [5.74, 6) is -1.62. The normalized spacial score (nSPS) is 18.1. The van der Waals surface area contributed by atoms with Crippen molar-refractivity contribution in [2.75, 3.05) is 70.5 Å². The molecule has 0 bridgehead atoms. The smallest absolute Gasteiger partial charge is 0.418 e. The van der Waals surface area contributed by atoms with Crippen molar-refractivity contribution in [1.82, 2.24) is 31.1 Å². The largest absolute Gasteiger partial charge is 0.464 e. The molecule has 18 heteroatoms. The number of nitrogen functional groups attached to an aromatic ring is 1. The first-order chi connectivity index (χ1) is 26.3. The maximum atomic E-state index is 14.0. The highest BCUT2D eigenvalue weighted by atomic mass is 35.5. The molecule has 0 saturated carbocycles. The number of hydrogen-bond acceptors (Lipinski definition) is 10. The number of benzene rings is 2. The van der Waals surface area contributed by atoms with Gasteiger partial charge in [0.25, 0.3) is 5.91 Å². The Hall–Kier alpha value is -4.32. The number of para-hydroxylation sites is 1. The zero-order valence-corrected chi connectivity index (χ0v) is 31.6. The quantitative estimate of drug-likeness (QED) is 0.0942. The van der Waals surface area contributed by atoms with Crippen LogP contribution in [0.5, 0.6) is 0 Å². The first-order valence-corrected chi connectivity index (χ1v) is 19.0. The zero-order valence-electron chi connectivity index (χ0n) is 30.8. The number of nitrogens with zero attached hydrogens (tertiary/aromatic N) is 2. The van der Waals surface area contributed by atoms with Crippen LogP contribution in [0.2, 0.25) is 5.02 Å². The number of carbonyl (C=O) groups excluding carboxylic acids is 4. The van der Waals surface area contributed by atoms with Gasteiger partial charge in [-0.1, -0.05) is 29.8 Å². The third kappa shape index (κ3) is 11.6. The number of nitrogens with one attached hydrogen (secondary N) is 5. The van der Waals surface area contributed by atoms with E-state index in [2.05, 4.69) is 26.6 Å². The van der Waals surface area contributed by atoms with Crippen molar-refractivity contribution in [2.24, 2.45) is 0 Å². The summed E-state index contributed by atoms with van der Waals surface area (Å²) in [7, 11) is 1.76. The molecule has 4 amide bonds. The standard InChI is InChI=1S/C37H50ClF3N8O6/c1-43-12-4-18-54-34(51)30(22-45-25-7-13-44-14-8-25)46-33(50)31(21-23-19-27(37(39,40)41)32(42)28(38)20-23)55-36(53)48-15-10-26(11-16-48)49-17-9-24-5-2-3-6-29(24)47-35(49)52/h2-3,5-6,19-20,25-26,30-31,43-45H,4,7-18,21-22,42H2,1H3,(H,46,50)(H,47,52)/t30-,31+/m0/s1. The Balaban J connectivity index is 1.30. The number of ether oxygens (including phenoxy) is 2. The average Bonchev–Trinajstić information content (AvgIpc) is 3.33. The van der Waals surface area contributed by atoms with Crippen molar-refractivity contribution >= 4 is 47.0 Å². The number of rotatable bonds is 14. The lowest BCUT2D eigenvalue weighted by Crippen LogP contribution is -2.55. The molecule has 2 aromatic carbocycles. The molecule has 2 saturated heterocycles. The number of urea groups is 1.